The van der Waals surface area contributed by atoms with Crippen LogP contribution in [0, 0.1) is 0 Å². The maximum absolute atomic E-state index is 5.95. The molecule has 0 bridgehead atoms. The maximum Gasteiger partial charge on any atom is 0.0599 e. The molecule has 4 heteroatoms. The molecule has 1 aromatic rings. The highest BCUT2D eigenvalue weighted by molar-refractivity contribution is 5.85. The van der Waals surface area contributed by atoms with Gasteiger partial charge in [-0.1, -0.05) is 45.0 Å². The molecule has 2 atom stereocenters. The van der Waals surface area contributed by atoms with Crippen LogP contribution in [0.25, 0.3) is 0 Å². The number of hydrogen-bond donors (Lipinski definition) is 1. The minimum atomic E-state index is 0. The van der Waals surface area contributed by atoms with Crippen molar-refractivity contribution in [3.05, 3.63) is 35.4 Å². The highest BCUT2D eigenvalue weighted by atomic mass is 35.5. The average Bonchev–Trinajstić information content (AvgIpc) is 2.47. The van der Waals surface area contributed by atoms with Gasteiger partial charge in [-0.2, -0.15) is 0 Å². The van der Waals surface area contributed by atoms with Crippen LogP contribution in [0.15, 0.2) is 24.3 Å². The molecule has 1 heterocycles. The molecule has 2 unspecified atom stereocenters. The summed E-state index contributed by atoms with van der Waals surface area (Å²) >= 11 is 0. The Balaban J connectivity index is 0.00000242. The predicted octanol–water partition coefficient (Wildman–Crippen LogP) is 3.34. The van der Waals surface area contributed by atoms with Crippen molar-refractivity contribution in [2.45, 2.75) is 57.7 Å². The Morgan fingerprint density at radius 2 is 1.86 bits per heavy atom. The summed E-state index contributed by atoms with van der Waals surface area (Å²) < 4.78 is 5.49. The van der Waals surface area contributed by atoms with E-state index in [1.54, 1.807) is 7.11 Å². The Labute approximate surface area is 141 Å². The molecule has 2 rings (SSSR count). The molecule has 0 aromatic heterocycles. The zero-order valence-corrected chi connectivity index (χ0v) is 15.2. The number of halogens is 1. The molecule has 0 aliphatic carbocycles. The van der Waals surface area contributed by atoms with Crippen molar-refractivity contribution in [1.82, 2.24) is 4.90 Å². The van der Waals surface area contributed by atoms with E-state index >= 15 is 0 Å². The summed E-state index contributed by atoms with van der Waals surface area (Å²) in [5.41, 5.74) is 8.93. The van der Waals surface area contributed by atoms with E-state index in [2.05, 4.69) is 49.9 Å². The molecular weight excluding hydrogens is 296 g/mol. The number of nitrogens with zero attached hydrogens (tertiary/aromatic N) is 1. The summed E-state index contributed by atoms with van der Waals surface area (Å²) in [5, 5.41) is 0. The average molecular weight is 327 g/mol. The van der Waals surface area contributed by atoms with Gasteiger partial charge in [-0.05, 0) is 29.4 Å². The van der Waals surface area contributed by atoms with Crippen LogP contribution in [0.3, 0.4) is 0 Å². The first kappa shape index (κ1) is 19.4. The Kier molecular flexibility index (Phi) is 7.33. The first-order valence-corrected chi connectivity index (χ1v) is 8.00. The summed E-state index contributed by atoms with van der Waals surface area (Å²) in [6, 6.07) is 9.47. The van der Waals surface area contributed by atoms with Crippen LogP contribution < -0.4 is 5.73 Å². The van der Waals surface area contributed by atoms with E-state index < -0.39 is 0 Å². The Morgan fingerprint density at radius 3 is 2.36 bits per heavy atom. The molecule has 0 radical (unpaired) electrons. The Hall–Kier alpha value is -0.610. The van der Waals surface area contributed by atoms with E-state index in [4.69, 9.17) is 10.5 Å². The zero-order chi connectivity index (χ0) is 15.5. The highest BCUT2D eigenvalue weighted by Crippen LogP contribution is 2.24. The van der Waals surface area contributed by atoms with E-state index in [1.807, 2.05) is 0 Å². The van der Waals surface area contributed by atoms with E-state index in [9.17, 15) is 0 Å². The minimum absolute atomic E-state index is 0. The summed E-state index contributed by atoms with van der Waals surface area (Å²) in [6.07, 6.45) is 2.53. The van der Waals surface area contributed by atoms with E-state index in [1.165, 1.54) is 11.1 Å². The Bertz CT molecular complexity index is 441. The van der Waals surface area contributed by atoms with Crippen LogP contribution >= 0.6 is 12.4 Å². The summed E-state index contributed by atoms with van der Waals surface area (Å²) in [4.78, 5) is 2.50. The van der Waals surface area contributed by atoms with E-state index in [-0.39, 0.29) is 17.8 Å². The first-order valence-electron chi connectivity index (χ1n) is 8.00. The summed E-state index contributed by atoms with van der Waals surface area (Å²) in [7, 11) is 1.80. The lowest BCUT2D eigenvalue weighted by atomic mass is 9.86. The molecule has 1 aliphatic heterocycles. The number of benzene rings is 1. The lowest BCUT2D eigenvalue weighted by molar-refractivity contribution is 0.0102. The van der Waals surface area contributed by atoms with E-state index in [0.717, 1.165) is 25.9 Å². The number of rotatable bonds is 4. The number of nitrogens with two attached hydrogens (primary N) is 1. The molecule has 3 nitrogen and oxygen atoms in total. The van der Waals surface area contributed by atoms with Gasteiger partial charge in [0.05, 0.1) is 6.10 Å². The molecular formula is C18H31ClN2O. The van der Waals surface area contributed by atoms with Crippen LogP contribution in [-0.2, 0) is 16.7 Å². The van der Waals surface area contributed by atoms with E-state index in [0.29, 0.717) is 18.7 Å². The largest absolute Gasteiger partial charge is 0.381 e. The molecule has 2 N–H and O–H groups in total. The van der Waals surface area contributed by atoms with Crippen molar-refractivity contribution < 1.29 is 4.74 Å². The van der Waals surface area contributed by atoms with Gasteiger partial charge in [0.15, 0.2) is 0 Å². The maximum atomic E-state index is 5.95. The van der Waals surface area contributed by atoms with Gasteiger partial charge in [0.25, 0.3) is 0 Å². The van der Waals surface area contributed by atoms with Crippen molar-refractivity contribution >= 4 is 12.4 Å². The topological polar surface area (TPSA) is 38.5 Å². The zero-order valence-electron chi connectivity index (χ0n) is 14.3. The van der Waals surface area contributed by atoms with Crippen LogP contribution in [0.2, 0.25) is 0 Å². The third-order valence-corrected chi connectivity index (χ3v) is 4.60. The predicted molar refractivity (Wildman–Crippen MR) is 95.7 cm³/mol. The fourth-order valence-electron chi connectivity index (χ4n) is 3.07. The lowest BCUT2D eigenvalue weighted by Gasteiger charge is -2.38. The minimum Gasteiger partial charge on any atom is -0.381 e. The van der Waals surface area contributed by atoms with Gasteiger partial charge in [-0.15, -0.1) is 12.4 Å². The second kappa shape index (κ2) is 8.30. The molecule has 0 saturated carbocycles. The summed E-state index contributed by atoms with van der Waals surface area (Å²) in [6.45, 7) is 9.52. The van der Waals surface area contributed by atoms with Gasteiger partial charge in [0.1, 0.15) is 0 Å². The van der Waals surface area contributed by atoms with Crippen molar-refractivity contribution in [1.29, 1.82) is 0 Å². The normalized spacial score (nSPS) is 23.1. The second-order valence-corrected chi connectivity index (χ2v) is 7.19. The molecule has 126 valence electrons. The molecule has 1 aliphatic rings. The van der Waals surface area contributed by atoms with Crippen LogP contribution in [0.4, 0.5) is 0 Å². The smallest absolute Gasteiger partial charge is 0.0599 e. The first-order chi connectivity index (χ1) is 9.94. The van der Waals surface area contributed by atoms with Crippen LogP contribution in [0.5, 0.6) is 0 Å². The van der Waals surface area contributed by atoms with Gasteiger partial charge in [0, 0.05) is 32.8 Å². The fourth-order valence-corrected chi connectivity index (χ4v) is 3.07. The molecule has 1 aromatic carbocycles. The molecule has 0 amide bonds. The van der Waals surface area contributed by atoms with Crippen molar-refractivity contribution in [2.24, 2.45) is 5.73 Å². The van der Waals surface area contributed by atoms with Gasteiger partial charge in [-0.3, -0.25) is 4.90 Å². The number of methoxy groups -OCH3 is 1. The number of likely N-dealkylation sites (tertiary alicyclic amines) is 1. The van der Waals surface area contributed by atoms with Gasteiger partial charge in [0.2, 0.25) is 0 Å². The molecule has 0 spiro atoms. The van der Waals surface area contributed by atoms with Crippen molar-refractivity contribution in [3.8, 4) is 0 Å². The quantitative estimate of drug-likeness (QED) is 0.922. The fraction of sp³-hybridized carbons (Fsp3) is 0.667. The molecule has 1 saturated heterocycles. The standard InChI is InChI=1S/C18H30N2O.ClH/c1-18(2,3)15-7-5-14(6-8-15)13-20-10-9-17(21-4)11-16(20)12-19;/h5-8,16-17H,9-13,19H2,1-4H3;1H. The monoisotopic (exact) mass is 326 g/mol. The van der Waals surface area contributed by atoms with Crippen LogP contribution in [-0.4, -0.2) is 37.2 Å². The highest BCUT2D eigenvalue weighted by Gasteiger charge is 2.27. The van der Waals surface area contributed by atoms with Crippen LogP contribution in [0.1, 0.15) is 44.7 Å². The van der Waals surface area contributed by atoms with Crippen molar-refractivity contribution in [2.75, 3.05) is 20.2 Å². The number of ether oxygens (including phenoxy) is 1. The van der Waals surface area contributed by atoms with Gasteiger partial charge in [-0.25, -0.2) is 0 Å². The molecule has 1 fully saturated rings. The Morgan fingerprint density at radius 1 is 1.23 bits per heavy atom. The van der Waals surface area contributed by atoms with Gasteiger partial charge >= 0.3 is 0 Å². The summed E-state index contributed by atoms with van der Waals surface area (Å²) in [5.74, 6) is 0. The third-order valence-electron chi connectivity index (χ3n) is 4.60. The lowest BCUT2D eigenvalue weighted by Crippen LogP contribution is -2.47. The number of hydrogen-bond acceptors (Lipinski definition) is 3. The SMILES string of the molecule is COC1CCN(Cc2ccc(C(C)(C)C)cc2)C(CN)C1.Cl. The van der Waals surface area contributed by atoms with Gasteiger partial charge < -0.3 is 10.5 Å². The van der Waals surface area contributed by atoms with Crippen molar-refractivity contribution in [3.63, 3.8) is 0 Å². The molecule has 22 heavy (non-hydrogen) atoms. The third kappa shape index (κ3) is 4.95. The second-order valence-electron chi connectivity index (χ2n) is 7.19. The number of piperidine rings is 1.